The van der Waals surface area contributed by atoms with E-state index in [9.17, 15) is 4.79 Å². The topological polar surface area (TPSA) is 62.7 Å². The monoisotopic (exact) mass is 262 g/mol. The standard InChI is InChI=1S/C14H18N2O3/c17-14(18)11-4-1-3-10(15-11)9-16-7-8-19-13-6-2-5-12(13)16/h1,3-4,12-13H,2,5-9H2,(H,17,18). The van der Waals surface area contributed by atoms with E-state index in [1.807, 2.05) is 6.07 Å². The van der Waals surface area contributed by atoms with Gasteiger partial charge in [0.05, 0.1) is 18.4 Å². The van der Waals surface area contributed by atoms with Gasteiger partial charge in [0.2, 0.25) is 0 Å². The molecule has 102 valence electrons. The summed E-state index contributed by atoms with van der Waals surface area (Å²) < 4.78 is 5.78. The van der Waals surface area contributed by atoms with Gasteiger partial charge in [-0.2, -0.15) is 0 Å². The van der Waals surface area contributed by atoms with E-state index in [4.69, 9.17) is 9.84 Å². The summed E-state index contributed by atoms with van der Waals surface area (Å²) in [6, 6.07) is 5.66. The van der Waals surface area contributed by atoms with Gasteiger partial charge in [-0.25, -0.2) is 9.78 Å². The predicted molar refractivity (Wildman–Crippen MR) is 69.0 cm³/mol. The number of carboxylic acids is 1. The molecule has 2 aliphatic rings. The molecule has 0 radical (unpaired) electrons. The van der Waals surface area contributed by atoms with Crippen LogP contribution in [0.2, 0.25) is 0 Å². The van der Waals surface area contributed by atoms with E-state index in [-0.39, 0.29) is 5.69 Å². The Bertz CT molecular complexity index is 478. The van der Waals surface area contributed by atoms with Gasteiger partial charge in [-0.1, -0.05) is 6.07 Å². The Hall–Kier alpha value is -1.46. The van der Waals surface area contributed by atoms with Crippen LogP contribution in [0, 0.1) is 0 Å². The number of aromatic carboxylic acids is 1. The summed E-state index contributed by atoms with van der Waals surface area (Å²) in [5.41, 5.74) is 0.946. The van der Waals surface area contributed by atoms with Crippen LogP contribution in [-0.2, 0) is 11.3 Å². The number of hydrogen-bond acceptors (Lipinski definition) is 4. The quantitative estimate of drug-likeness (QED) is 0.895. The van der Waals surface area contributed by atoms with Gasteiger partial charge in [0.1, 0.15) is 5.69 Å². The minimum absolute atomic E-state index is 0.119. The molecule has 1 aromatic heterocycles. The highest BCUT2D eigenvalue weighted by molar-refractivity contribution is 5.85. The summed E-state index contributed by atoms with van der Waals surface area (Å²) in [7, 11) is 0. The third-order valence-corrected chi connectivity index (χ3v) is 3.99. The first-order chi connectivity index (χ1) is 9.24. The molecule has 2 atom stereocenters. The van der Waals surface area contributed by atoms with E-state index in [1.54, 1.807) is 6.07 Å². The zero-order chi connectivity index (χ0) is 13.2. The van der Waals surface area contributed by atoms with Gasteiger partial charge in [0, 0.05) is 19.1 Å². The first-order valence-electron chi connectivity index (χ1n) is 6.79. The summed E-state index contributed by atoms with van der Waals surface area (Å²) in [6.07, 6.45) is 3.89. The molecule has 0 spiro atoms. The van der Waals surface area contributed by atoms with E-state index in [1.165, 1.54) is 18.9 Å². The Labute approximate surface area is 112 Å². The maximum absolute atomic E-state index is 10.9. The van der Waals surface area contributed by atoms with Gasteiger partial charge in [0.25, 0.3) is 0 Å². The Kier molecular flexibility index (Phi) is 3.48. The highest BCUT2D eigenvalue weighted by atomic mass is 16.5. The van der Waals surface area contributed by atoms with E-state index >= 15 is 0 Å². The summed E-state index contributed by atoms with van der Waals surface area (Å²) in [5.74, 6) is -0.970. The molecule has 1 saturated heterocycles. The van der Waals surface area contributed by atoms with E-state index in [2.05, 4.69) is 9.88 Å². The number of rotatable bonds is 3. The third-order valence-electron chi connectivity index (χ3n) is 3.99. The zero-order valence-electron chi connectivity index (χ0n) is 10.8. The minimum atomic E-state index is -0.970. The van der Waals surface area contributed by atoms with Gasteiger partial charge in [-0.05, 0) is 31.4 Å². The van der Waals surface area contributed by atoms with Gasteiger partial charge in [0.15, 0.2) is 0 Å². The van der Waals surface area contributed by atoms with Crippen LogP contribution >= 0.6 is 0 Å². The lowest BCUT2D eigenvalue weighted by Crippen LogP contribution is -2.48. The van der Waals surface area contributed by atoms with Crippen LogP contribution in [0.15, 0.2) is 18.2 Å². The van der Waals surface area contributed by atoms with Crippen LogP contribution in [0.4, 0.5) is 0 Å². The van der Waals surface area contributed by atoms with Crippen LogP contribution in [0.3, 0.4) is 0 Å². The van der Waals surface area contributed by atoms with Crippen LogP contribution in [0.25, 0.3) is 0 Å². The molecule has 1 N–H and O–H groups in total. The Morgan fingerprint density at radius 2 is 2.37 bits per heavy atom. The van der Waals surface area contributed by atoms with Crippen molar-refractivity contribution in [3.05, 3.63) is 29.6 Å². The van der Waals surface area contributed by atoms with Gasteiger partial charge >= 0.3 is 5.97 Å². The summed E-state index contributed by atoms with van der Waals surface area (Å²) in [4.78, 5) is 17.5. The van der Waals surface area contributed by atoms with Crippen LogP contribution < -0.4 is 0 Å². The van der Waals surface area contributed by atoms with E-state index in [0.29, 0.717) is 18.7 Å². The maximum Gasteiger partial charge on any atom is 0.354 e. The molecule has 1 aromatic rings. The molecule has 2 heterocycles. The maximum atomic E-state index is 10.9. The molecular formula is C14H18N2O3. The predicted octanol–water partition coefficient (Wildman–Crippen LogP) is 1.53. The average Bonchev–Trinajstić information content (AvgIpc) is 2.88. The molecule has 0 bridgehead atoms. The molecule has 2 fully saturated rings. The van der Waals surface area contributed by atoms with Crippen molar-refractivity contribution in [1.29, 1.82) is 0 Å². The second kappa shape index (κ2) is 5.27. The Balaban J connectivity index is 1.73. The molecule has 5 nitrogen and oxygen atoms in total. The van der Waals surface area contributed by atoms with Crippen LogP contribution in [-0.4, -0.2) is 46.3 Å². The number of morpholine rings is 1. The number of hydrogen-bond donors (Lipinski definition) is 1. The van der Waals surface area contributed by atoms with Crippen molar-refractivity contribution in [3.63, 3.8) is 0 Å². The highest BCUT2D eigenvalue weighted by Crippen LogP contribution is 2.30. The lowest BCUT2D eigenvalue weighted by molar-refractivity contribution is -0.0592. The Morgan fingerprint density at radius 1 is 1.47 bits per heavy atom. The number of aromatic nitrogens is 1. The summed E-state index contributed by atoms with van der Waals surface area (Å²) in [5, 5.41) is 8.97. The van der Waals surface area contributed by atoms with Crippen molar-refractivity contribution in [2.45, 2.75) is 38.0 Å². The number of ether oxygens (including phenoxy) is 1. The first-order valence-corrected chi connectivity index (χ1v) is 6.79. The Morgan fingerprint density at radius 3 is 3.21 bits per heavy atom. The first kappa shape index (κ1) is 12.6. The number of carbonyl (C=O) groups is 1. The number of pyridine rings is 1. The van der Waals surface area contributed by atoms with Crippen LogP contribution in [0.1, 0.15) is 35.4 Å². The summed E-state index contributed by atoms with van der Waals surface area (Å²) in [6.45, 7) is 2.38. The molecule has 2 unspecified atom stereocenters. The molecular weight excluding hydrogens is 244 g/mol. The lowest BCUT2D eigenvalue weighted by Gasteiger charge is -2.37. The molecule has 0 amide bonds. The molecule has 1 saturated carbocycles. The van der Waals surface area contributed by atoms with Crippen molar-refractivity contribution >= 4 is 5.97 Å². The smallest absolute Gasteiger partial charge is 0.354 e. The zero-order valence-corrected chi connectivity index (χ0v) is 10.8. The number of carboxylic acid groups (broad SMARTS) is 1. The average molecular weight is 262 g/mol. The van der Waals surface area contributed by atoms with Gasteiger partial charge in [-0.3, -0.25) is 4.90 Å². The van der Waals surface area contributed by atoms with E-state index in [0.717, 1.165) is 25.3 Å². The SMILES string of the molecule is O=C(O)c1cccc(CN2CCOC3CCCC32)n1. The fourth-order valence-electron chi connectivity index (χ4n) is 3.10. The summed E-state index contributed by atoms with van der Waals surface area (Å²) >= 11 is 0. The molecule has 0 aromatic carbocycles. The molecule has 19 heavy (non-hydrogen) atoms. The second-order valence-corrected chi connectivity index (χ2v) is 5.20. The van der Waals surface area contributed by atoms with Crippen LogP contribution in [0.5, 0.6) is 0 Å². The number of fused-ring (bicyclic) bond motifs is 1. The third kappa shape index (κ3) is 2.62. The van der Waals surface area contributed by atoms with Crippen molar-refractivity contribution in [2.24, 2.45) is 0 Å². The fourth-order valence-corrected chi connectivity index (χ4v) is 3.10. The lowest BCUT2D eigenvalue weighted by atomic mass is 10.1. The van der Waals surface area contributed by atoms with Gasteiger partial charge in [-0.15, -0.1) is 0 Å². The van der Waals surface area contributed by atoms with E-state index < -0.39 is 5.97 Å². The normalized spacial score (nSPS) is 27.2. The molecule has 5 heteroatoms. The van der Waals surface area contributed by atoms with Crippen molar-refractivity contribution < 1.29 is 14.6 Å². The van der Waals surface area contributed by atoms with Gasteiger partial charge < -0.3 is 9.84 Å². The highest BCUT2D eigenvalue weighted by Gasteiger charge is 2.35. The molecule has 1 aliphatic heterocycles. The minimum Gasteiger partial charge on any atom is -0.477 e. The van der Waals surface area contributed by atoms with Crippen molar-refractivity contribution in [1.82, 2.24) is 9.88 Å². The largest absolute Gasteiger partial charge is 0.477 e. The molecule has 1 aliphatic carbocycles. The van der Waals surface area contributed by atoms with Crippen molar-refractivity contribution in [2.75, 3.05) is 13.2 Å². The van der Waals surface area contributed by atoms with Crippen molar-refractivity contribution in [3.8, 4) is 0 Å². The second-order valence-electron chi connectivity index (χ2n) is 5.20. The fraction of sp³-hybridized carbons (Fsp3) is 0.571. The molecule has 3 rings (SSSR count). The number of nitrogens with zero attached hydrogens (tertiary/aromatic N) is 2.